The van der Waals surface area contributed by atoms with Crippen LogP contribution in [0.1, 0.15) is 12.8 Å². The molecule has 3 heteroatoms. The Morgan fingerprint density at radius 1 is 1.46 bits per heavy atom. The molecule has 2 rings (SSSR count). The van der Waals surface area contributed by atoms with Crippen LogP contribution in [-0.2, 0) is 0 Å². The quantitative estimate of drug-likeness (QED) is 0.827. The van der Waals surface area contributed by atoms with Gasteiger partial charge in [-0.2, -0.15) is 0 Å². The van der Waals surface area contributed by atoms with Crippen molar-refractivity contribution in [2.24, 2.45) is 5.92 Å². The van der Waals surface area contributed by atoms with E-state index < -0.39 is 0 Å². The van der Waals surface area contributed by atoms with Gasteiger partial charge in [-0.05, 0) is 46.8 Å². The van der Waals surface area contributed by atoms with Gasteiger partial charge in [0.1, 0.15) is 0 Å². The van der Waals surface area contributed by atoms with Gasteiger partial charge in [0.2, 0.25) is 0 Å². The van der Waals surface area contributed by atoms with Crippen molar-refractivity contribution in [1.29, 1.82) is 0 Å². The minimum absolute atomic E-state index is 0.704. The molecular formula is C10H12BrNO. The molecule has 70 valence electrons. The van der Waals surface area contributed by atoms with Crippen LogP contribution in [0.15, 0.2) is 22.7 Å². The summed E-state index contributed by atoms with van der Waals surface area (Å²) in [5.41, 5.74) is 6.48. The van der Waals surface area contributed by atoms with E-state index in [0.29, 0.717) is 5.69 Å². The molecule has 1 fully saturated rings. The molecule has 1 aliphatic rings. The molecular weight excluding hydrogens is 230 g/mol. The number of rotatable bonds is 3. The fourth-order valence-electron chi connectivity index (χ4n) is 1.16. The molecule has 1 saturated carbocycles. The highest BCUT2D eigenvalue weighted by Crippen LogP contribution is 2.34. The standard InChI is InChI=1S/C10H12BrNO/c11-8-2-1-3-9(12)10(8)13-6-7-4-5-7/h1-3,7H,4-6,12H2. The average molecular weight is 242 g/mol. The second-order valence-electron chi connectivity index (χ2n) is 3.41. The average Bonchev–Trinajstić information content (AvgIpc) is 2.87. The molecule has 0 unspecified atom stereocenters. The van der Waals surface area contributed by atoms with Gasteiger partial charge in [0.15, 0.2) is 5.75 Å². The summed E-state index contributed by atoms with van der Waals surface area (Å²) in [5, 5.41) is 0. The van der Waals surface area contributed by atoms with Crippen LogP contribution in [0.5, 0.6) is 5.75 Å². The number of halogens is 1. The third-order valence-electron chi connectivity index (χ3n) is 2.16. The van der Waals surface area contributed by atoms with Gasteiger partial charge in [0.25, 0.3) is 0 Å². The molecule has 1 aromatic rings. The monoisotopic (exact) mass is 241 g/mol. The lowest BCUT2D eigenvalue weighted by Crippen LogP contribution is -2.02. The van der Waals surface area contributed by atoms with Crippen molar-refractivity contribution >= 4 is 21.6 Å². The van der Waals surface area contributed by atoms with Crippen molar-refractivity contribution in [3.05, 3.63) is 22.7 Å². The topological polar surface area (TPSA) is 35.2 Å². The van der Waals surface area contributed by atoms with Crippen LogP contribution >= 0.6 is 15.9 Å². The van der Waals surface area contributed by atoms with E-state index in [0.717, 1.165) is 22.7 Å². The Hall–Kier alpha value is -0.700. The Bertz CT molecular complexity index is 290. The number of nitrogen functional groups attached to an aromatic ring is 1. The van der Waals surface area contributed by atoms with Crippen LogP contribution < -0.4 is 10.5 Å². The minimum Gasteiger partial charge on any atom is -0.490 e. The number of nitrogens with two attached hydrogens (primary N) is 1. The molecule has 1 aliphatic carbocycles. The van der Waals surface area contributed by atoms with Gasteiger partial charge in [0.05, 0.1) is 16.8 Å². The van der Waals surface area contributed by atoms with Crippen molar-refractivity contribution in [3.63, 3.8) is 0 Å². The molecule has 2 N–H and O–H groups in total. The summed E-state index contributed by atoms with van der Waals surface area (Å²) in [7, 11) is 0. The van der Waals surface area contributed by atoms with E-state index in [1.54, 1.807) is 0 Å². The van der Waals surface area contributed by atoms with Crippen molar-refractivity contribution in [1.82, 2.24) is 0 Å². The number of hydrogen-bond donors (Lipinski definition) is 1. The zero-order valence-corrected chi connectivity index (χ0v) is 8.88. The largest absolute Gasteiger partial charge is 0.490 e. The molecule has 0 bridgehead atoms. The number of benzene rings is 1. The smallest absolute Gasteiger partial charge is 0.156 e. The van der Waals surface area contributed by atoms with Crippen LogP contribution in [0.2, 0.25) is 0 Å². The van der Waals surface area contributed by atoms with E-state index in [1.807, 2.05) is 18.2 Å². The van der Waals surface area contributed by atoms with Gasteiger partial charge in [-0.15, -0.1) is 0 Å². The van der Waals surface area contributed by atoms with Crippen LogP contribution in [0, 0.1) is 5.92 Å². The van der Waals surface area contributed by atoms with Crippen molar-refractivity contribution in [2.75, 3.05) is 12.3 Å². The minimum atomic E-state index is 0.704. The second kappa shape index (κ2) is 3.58. The van der Waals surface area contributed by atoms with Gasteiger partial charge in [-0.3, -0.25) is 0 Å². The first-order valence-corrected chi connectivity index (χ1v) is 5.23. The summed E-state index contributed by atoms with van der Waals surface area (Å²) in [5.74, 6) is 1.54. The predicted molar refractivity (Wildman–Crippen MR) is 56.8 cm³/mol. The first-order valence-electron chi connectivity index (χ1n) is 4.44. The zero-order chi connectivity index (χ0) is 9.26. The van der Waals surface area contributed by atoms with Crippen LogP contribution in [0.4, 0.5) is 5.69 Å². The molecule has 0 radical (unpaired) electrons. The summed E-state index contributed by atoms with van der Waals surface area (Å²) >= 11 is 3.41. The lowest BCUT2D eigenvalue weighted by Gasteiger charge is -2.09. The number of anilines is 1. The van der Waals surface area contributed by atoms with E-state index in [2.05, 4.69) is 15.9 Å². The molecule has 13 heavy (non-hydrogen) atoms. The fourth-order valence-corrected chi connectivity index (χ4v) is 1.66. The normalized spacial score (nSPS) is 15.8. The lowest BCUT2D eigenvalue weighted by atomic mass is 10.3. The highest BCUT2D eigenvalue weighted by Gasteiger charge is 2.22. The molecule has 0 aromatic heterocycles. The molecule has 0 amide bonds. The summed E-state index contributed by atoms with van der Waals surface area (Å²) in [6.45, 7) is 0.798. The molecule has 1 aromatic carbocycles. The molecule has 2 nitrogen and oxygen atoms in total. The van der Waals surface area contributed by atoms with Gasteiger partial charge in [0, 0.05) is 0 Å². The van der Waals surface area contributed by atoms with E-state index >= 15 is 0 Å². The van der Waals surface area contributed by atoms with E-state index in [4.69, 9.17) is 10.5 Å². The number of para-hydroxylation sites is 1. The Labute approximate surface area is 86.2 Å². The maximum atomic E-state index is 5.77. The SMILES string of the molecule is Nc1cccc(Br)c1OCC1CC1. The van der Waals surface area contributed by atoms with Gasteiger partial charge < -0.3 is 10.5 Å². The summed E-state index contributed by atoms with van der Waals surface area (Å²) in [4.78, 5) is 0. The van der Waals surface area contributed by atoms with Crippen molar-refractivity contribution in [2.45, 2.75) is 12.8 Å². The van der Waals surface area contributed by atoms with Crippen molar-refractivity contribution < 1.29 is 4.74 Å². The van der Waals surface area contributed by atoms with Gasteiger partial charge >= 0.3 is 0 Å². The third kappa shape index (κ3) is 2.15. The summed E-state index contributed by atoms with van der Waals surface area (Å²) in [6, 6.07) is 5.70. The van der Waals surface area contributed by atoms with E-state index in [1.165, 1.54) is 12.8 Å². The Morgan fingerprint density at radius 2 is 2.23 bits per heavy atom. The van der Waals surface area contributed by atoms with Gasteiger partial charge in [-0.25, -0.2) is 0 Å². The Kier molecular flexibility index (Phi) is 2.44. The third-order valence-corrected chi connectivity index (χ3v) is 2.78. The Morgan fingerprint density at radius 3 is 2.85 bits per heavy atom. The maximum absolute atomic E-state index is 5.77. The van der Waals surface area contributed by atoms with Crippen LogP contribution in [-0.4, -0.2) is 6.61 Å². The highest BCUT2D eigenvalue weighted by molar-refractivity contribution is 9.10. The van der Waals surface area contributed by atoms with Crippen LogP contribution in [0.3, 0.4) is 0 Å². The second-order valence-corrected chi connectivity index (χ2v) is 4.27. The molecule has 0 heterocycles. The molecule has 0 saturated heterocycles. The molecule has 0 aliphatic heterocycles. The summed E-state index contributed by atoms with van der Waals surface area (Å²) in [6.07, 6.45) is 2.59. The number of hydrogen-bond acceptors (Lipinski definition) is 2. The van der Waals surface area contributed by atoms with Gasteiger partial charge in [-0.1, -0.05) is 6.07 Å². The van der Waals surface area contributed by atoms with Crippen LogP contribution in [0.25, 0.3) is 0 Å². The zero-order valence-electron chi connectivity index (χ0n) is 7.29. The molecule has 0 atom stereocenters. The predicted octanol–water partition coefficient (Wildman–Crippen LogP) is 2.82. The van der Waals surface area contributed by atoms with Crippen molar-refractivity contribution in [3.8, 4) is 5.75 Å². The Balaban J connectivity index is 2.07. The highest BCUT2D eigenvalue weighted by atomic mass is 79.9. The fraction of sp³-hybridized carbons (Fsp3) is 0.400. The van der Waals surface area contributed by atoms with E-state index in [-0.39, 0.29) is 0 Å². The maximum Gasteiger partial charge on any atom is 0.156 e. The first-order chi connectivity index (χ1) is 6.27. The van der Waals surface area contributed by atoms with E-state index in [9.17, 15) is 0 Å². The lowest BCUT2D eigenvalue weighted by molar-refractivity contribution is 0.299. The molecule has 0 spiro atoms. The first kappa shape index (κ1) is 8.88. The summed E-state index contributed by atoms with van der Waals surface area (Å²) < 4.78 is 6.56. The number of ether oxygens (including phenoxy) is 1.